The molecule has 20 heavy (non-hydrogen) atoms. The molecule has 0 bridgehead atoms. The van der Waals surface area contributed by atoms with Crippen molar-refractivity contribution < 1.29 is 8.81 Å². The van der Waals surface area contributed by atoms with E-state index in [2.05, 4.69) is 38.4 Å². The molecule has 0 amide bonds. The van der Waals surface area contributed by atoms with E-state index in [1.165, 1.54) is 6.07 Å². The van der Waals surface area contributed by atoms with Crippen molar-refractivity contribution in [2.45, 2.75) is 26.2 Å². The zero-order chi connectivity index (χ0) is 14.4. The third kappa shape index (κ3) is 3.86. The van der Waals surface area contributed by atoms with Gasteiger partial charge in [-0.15, -0.1) is 10.2 Å². The standard InChI is InChI=1S/C14H17BrFN3O/c1-2-8-17-9-4-7-12-18-19-14(20-12)13-10(15)5-3-6-11(13)16/h3,5-6,17H,2,4,7-9H2,1H3. The van der Waals surface area contributed by atoms with Crippen LogP contribution < -0.4 is 5.32 Å². The maximum atomic E-state index is 13.8. The maximum absolute atomic E-state index is 13.8. The lowest BCUT2D eigenvalue weighted by atomic mass is 10.2. The summed E-state index contributed by atoms with van der Waals surface area (Å²) in [6.45, 7) is 4.05. The quantitative estimate of drug-likeness (QED) is 0.782. The fourth-order valence-electron chi connectivity index (χ4n) is 1.82. The third-order valence-corrected chi connectivity index (χ3v) is 3.48. The molecule has 1 heterocycles. The van der Waals surface area contributed by atoms with Crippen LogP contribution in [0.2, 0.25) is 0 Å². The molecule has 0 aliphatic carbocycles. The Balaban J connectivity index is 1.98. The predicted octanol–water partition coefficient (Wildman–Crippen LogP) is 3.57. The first-order valence-corrected chi connectivity index (χ1v) is 7.49. The van der Waals surface area contributed by atoms with Crippen LogP contribution in [0.4, 0.5) is 4.39 Å². The largest absolute Gasteiger partial charge is 0.421 e. The summed E-state index contributed by atoms with van der Waals surface area (Å²) in [7, 11) is 0. The van der Waals surface area contributed by atoms with Gasteiger partial charge in [0.25, 0.3) is 5.89 Å². The maximum Gasteiger partial charge on any atom is 0.251 e. The molecule has 0 radical (unpaired) electrons. The Hall–Kier alpha value is -1.27. The van der Waals surface area contributed by atoms with Crippen LogP contribution in [-0.4, -0.2) is 23.3 Å². The van der Waals surface area contributed by atoms with Crippen LogP contribution in [0.3, 0.4) is 0 Å². The van der Waals surface area contributed by atoms with E-state index in [-0.39, 0.29) is 11.7 Å². The van der Waals surface area contributed by atoms with Crippen molar-refractivity contribution >= 4 is 15.9 Å². The SMILES string of the molecule is CCCNCCCc1nnc(-c2c(F)cccc2Br)o1. The molecule has 0 unspecified atom stereocenters. The summed E-state index contributed by atoms with van der Waals surface area (Å²) in [6, 6.07) is 4.75. The highest BCUT2D eigenvalue weighted by atomic mass is 79.9. The highest BCUT2D eigenvalue weighted by Crippen LogP contribution is 2.29. The average Bonchev–Trinajstić information content (AvgIpc) is 2.87. The van der Waals surface area contributed by atoms with Gasteiger partial charge in [0.2, 0.25) is 5.89 Å². The summed E-state index contributed by atoms with van der Waals surface area (Å²) in [4.78, 5) is 0. The average molecular weight is 342 g/mol. The van der Waals surface area contributed by atoms with E-state index in [1.807, 2.05) is 0 Å². The number of hydrogen-bond donors (Lipinski definition) is 1. The molecule has 2 rings (SSSR count). The van der Waals surface area contributed by atoms with E-state index < -0.39 is 0 Å². The number of hydrogen-bond acceptors (Lipinski definition) is 4. The molecule has 0 saturated carbocycles. The number of benzene rings is 1. The Bertz CT molecular complexity index is 539. The normalized spacial score (nSPS) is 10.9. The Kier molecular flexibility index (Phi) is 5.67. The molecule has 0 aliphatic heterocycles. The van der Waals surface area contributed by atoms with Gasteiger partial charge >= 0.3 is 0 Å². The molecule has 6 heteroatoms. The molecule has 0 aliphatic rings. The minimum atomic E-state index is -0.376. The van der Waals surface area contributed by atoms with E-state index in [1.54, 1.807) is 12.1 Å². The van der Waals surface area contributed by atoms with Crippen molar-refractivity contribution in [3.8, 4) is 11.5 Å². The first-order chi connectivity index (χ1) is 9.72. The molecule has 1 aromatic carbocycles. The first kappa shape index (κ1) is 15.1. The highest BCUT2D eigenvalue weighted by molar-refractivity contribution is 9.10. The zero-order valence-corrected chi connectivity index (χ0v) is 12.9. The summed E-state index contributed by atoms with van der Waals surface area (Å²) in [5.74, 6) is 0.374. The van der Waals surface area contributed by atoms with Gasteiger partial charge in [0.15, 0.2) is 0 Å². The first-order valence-electron chi connectivity index (χ1n) is 6.70. The van der Waals surface area contributed by atoms with Gasteiger partial charge in [0.1, 0.15) is 5.82 Å². The molecule has 4 nitrogen and oxygen atoms in total. The molecule has 1 N–H and O–H groups in total. The molecular formula is C14H17BrFN3O. The van der Waals surface area contributed by atoms with E-state index >= 15 is 0 Å². The second-order valence-corrected chi connectivity index (χ2v) is 5.31. The zero-order valence-electron chi connectivity index (χ0n) is 11.3. The molecule has 0 fully saturated rings. The van der Waals surface area contributed by atoms with Crippen LogP contribution >= 0.6 is 15.9 Å². The van der Waals surface area contributed by atoms with Crippen molar-refractivity contribution in [2.24, 2.45) is 0 Å². The lowest BCUT2D eigenvalue weighted by Gasteiger charge is -2.01. The van der Waals surface area contributed by atoms with Gasteiger partial charge in [-0.05, 0) is 54.0 Å². The second-order valence-electron chi connectivity index (χ2n) is 4.45. The lowest BCUT2D eigenvalue weighted by molar-refractivity contribution is 0.488. The van der Waals surface area contributed by atoms with Crippen LogP contribution in [0.25, 0.3) is 11.5 Å². The summed E-state index contributed by atoms with van der Waals surface area (Å²) >= 11 is 3.30. The van der Waals surface area contributed by atoms with Crippen LogP contribution in [0.1, 0.15) is 25.7 Å². The Morgan fingerprint density at radius 1 is 1.30 bits per heavy atom. The second kappa shape index (κ2) is 7.50. The number of nitrogens with one attached hydrogen (secondary N) is 1. The van der Waals surface area contributed by atoms with E-state index in [0.29, 0.717) is 22.3 Å². The number of nitrogens with zero attached hydrogens (tertiary/aromatic N) is 2. The highest BCUT2D eigenvalue weighted by Gasteiger charge is 2.15. The third-order valence-electron chi connectivity index (χ3n) is 2.81. The van der Waals surface area contributed by atoms with Crippen molar-refractivity contribution in [1.82, 2.24) is 15.5 Å². The van der Waals surface area contributed by atoms with E-state index in [0.717, 1.165) is 25.9 Å². The van der Waals surface area contributed by atoms with Gasteiger partial charge in [-0.25, -0.2) is 4.39 Å². The van der Waals surface area contributed by atoms with Gasteiger partial charge in [0.05, 0.1) is 5.56 Å². The number of halogens is 2. The van der Waals surface area contributed by atoms with Gasteiger partial charge in [-0.1, -0.05) is 13.0 Å². The molecular weight excluding hydrogens is 325 g/mol. The Morgan fingerprint density at radius 3 is 2.90 bits per heavy atom. The van der Waals surface area contributed by atoms with Crippen molar-refractivity contribution in [3.05, 3.63) is 34.4 Å². The fraction of sp³-hybridized carbons (Fsp3) is 0.429. The van der Waals surface area contributed by atoms with Crippen LogP contribution in [-0.2, 0) is 6.42 Å². The summed E-state index contributed by atoms with van der Waals surface area (Å²) in [5, 5.41) is 11.2. The molecule has 0 atom stereocenters. The molecule has 2 aromatic rings. The molecule has 0 saturated heterocycles. The molecule has 1 aromatic heterocycles. The fourth-order valence-corrected chi connectivity index (χ4v) is 2.34. The van der Waals surface area contributed by atoms with Crippen molar-refractivity contribution in [1.29, 1.82) is 0 Å². The van der Waals surface area contributed by atoms with E-state index in [9.17, 15) is 4.39 Å². The summed E-state index contributed by atoms with van der Waals surface area (Å²) in [6.07, 6.45) is 2.72. The smallest absolute Gasteiger partial charge is 0.251 e. The van der Waals surface area contributed by atoms with Crippen LogP contribution in [0.5, 0.6) is 0 Å². The number of aryl methyl sites for hydroxylation is 1. The van der Waals surface area contributed by atoms with Gasteiger partial charge < -0.3 is 9.73 Å². The summed E-state index contributed by atoms with van der Waals surface area (Å²) in [5.41, 5.74) is 0.315. The summed E-state index contributed by atoms with van der Waals surface area (Å²) < 4.78 is 19.9. The lowest BCUT2D eigenvalue weighted by Crippen LogP contribution is -2.16. The number of aromatic nitrogens is 2. The van der Waals surface area contributed by atoms with Crippen LogP contribution in [0.15, 0.2) is 27.1 Å². The van der Waals surface area contributed by atoms with Crippen molar-refractivity contribution in [3.63, 3.8) is 0 Å². The Morgan fingerprint density at radius 2 is 2.15 bits per heavy atom. The predicted molar refractivity (Wildman–Crippen MR) is 78.9 cm³/mol. The Labute approximate surface area is 125 Å². The van der Waals surface area contributed by atoms with Gasteiger partial charge in [0, 0.05) is 10.9 Å². The molecule has 0 spiro atoms. The number of rotatable bonds is 7. The van der Waals surface area contributed by atoms with E-state index in [4.69, 9.17) is 4.42 Å². The van der Waals surface area contributed by atoms with Gasteiger partial charge in [-0.2, -0.15) is 0 Å². The topological polar surface area (TPSA) is 51.0 Å². The van der Waals surface area contributed by atoms with Gasteiger partial charge in [-0.3, -0.25) is 0 Å². The minimum Gasteiger partial charge on any atom is -0.421 e. The molecule has 108 valence electrons. The van der Waals surface area contributed by atoms with Crippen molar-refractivity contribution in [2.75, 3.05) is 13.1 Å². The monoisotopic (exact) mass is 341 g/mol. The minimum absolute atomic E-state index is 0.214. The van der Waals surface area contributed by atoms with Crippen LogP contribution in [0, 0.1) is 5.82 Å².